The van der Waals surface area contributed by atoms with Crippen LogP contribution < -0.4 is 15.4 Å². The Balaban J connectivity index is 1.70. The van der Waals surface area contributed by atoms with Crippen molar-refractivity contribution >= 4 is 73.9 Å². The van der Waals surface area contributed by atoms with E-state index >= 15 is 0 Å². The molecule has 0 unspecified atom stereocenters. The minimum absolute atomic E-state index is 0.125. The van der Waals surface area contributed by atoms with Gasteiger partial charge in [0.05, 0.1) is 20.1 Å². The number of hydrogen-bond acceptors (Lipinski definition) is 6. The van der Waals surface area contributed by atoms with Gasteiger partial charge in [-0.15, -0.1) is 0 Å². The molecule has 1 saturated heterocycles. The molecule has 30 heavy (non-hydrogen) atoms. The van der Waals surface area contributed by atoms with Crippen molar-refractivity contribution in [1.82, 2.24) is 5.32 Å². The van der Waals surface area contributed by atoms with E-state index in [1.54, 1.807) is 0 Å². The Morgan fingerprint density at radius 1 is 1.33 bits per heavy atom. The van der Waals surface area contributed by atoms with E-state index in [0.717, 1.165) is 21.2 Å². The lowest BCUT2D eigenvalue weighted by Crippen LogP contribution is -2.30. The van der Waals surface area contributed by atoms with Gasteiger partial charge in [-0.2, -0.15) is 0 Å². The Hall–Kier alpha value is -1.72. The number of rotatable bonds is 7. The molecule has 1 fully saturated rings. The number of methoxy groups -OCH3 is 1. The van der Waals surface area contributed by atoms with Gasteiger partial charge in [-0.1, -0.05) is 30.8 Å². The molecular weight excluding hydrogens is 583 g/mol. The number of anilines is 1. The van der Waals surface area contributed by atoms with Crippen LogP contribution in [0.3, 0.4) is 0 Å². The molecule has 2 N–H and O–H groups in total. The lowest BCUT2D eigenvalue weighted by Gasteiger charge is -2.13. The molecule has 6 nitrogen and oxygen atoms in total. The van der Waals surface area contributed by atoms with E-state index < -0.39 is 5.97 Å². The van der Waals surface area contributed by atoms with Crippen molar-refractivity contribution < 1.29 is 19.1 Å². The highest BCUT2D eigenvalue weighted by atomic mass is 127. The number of thioether (sulfide) groups is 1. The SMILES string of the molecule is CCc1ccc(N[C@H]2NC(=O)/C(=C/c3cc(Br)c(OCC(=O)OC)c(I)c3)S2)cc1. The largest absolute Gasteiger partial charge is 0.480 e. The standard InChI is InChI=1S/C21H20BrIN2O4S/c1-3-12-4-6-14(7-5-12)24-21-25-20(27)17(30-21)10-13-8-15(22)19(16(23)9-13)29-11-18(26)28-2/h4-10,21,24H,3,11H2,1-2H3,(H,25,27)/b17-10-/t21-/m0/s1. The second-order valence-corrected chi connectivity index (χ2v) is 9.52. The summed E-state index contributed by atoms with van der Waals surface area (Å²) in [4.78, 5) is 24.3. The third-order valence-corrected chi connectivity index (χ3v) is 6.69. The molecular formula is C21H20BrIN2O4S. The van der Waals surface area contributed by atoms with Gasteiger partial charge in [-0.25, -0.2) is 4.79 Å². The van der Waals surface area contributed by atoms with Crippen molar-refractivity contribution in [2.45, 2.75) is 18.8 Å². The number of amides is 1. The third-order valence-electron chi connectivity index (χ3n) is 4.27. The van der Waals surface area contributed by atoms with Crippen LogP contribution in [0.1, 0.15) is 18.1 Å². The maximum atomic E-state index is 12.4. The highest BCUT2D eigenvalue weighted by Crippen LogP contribution is 2.35. The number of carbonyl (C=O) groups is 2. The first-order valence-electron chi connectivity index (χ1n) is 9.13. The lowest BCUT2D eigenvalue weighted by molar-refractivity contribution is -0.142. The van der Waals surface area contributed by atoms with Crippen molar-refractivity contribution in [1.29, 1.82) is 0 Å². The molecule has 0 aromatic heterocycles. The van der Waals surface area contributed by atoms with Gasteiger partial charge in [0, 0.05) is 5.69 Å². The molecule has 1 aliphatic heterocycles. The fraction of sp³-hybridized carbons (Fsp3) is 0.238. The molecule has 0 aliphatic carbocycles. The molecule has 9 heteroatoms. The van der Waals surface area contributed by atoms with Crippen molar-refractivity contribution in [3.8, 4) is 5.75 Å². The van der Waals surface area contributed by atoms with Crippen LogP contribution in [0.5, 0.6) is 5.75 Å². The normalized spacial score (nSPS) is 17.0. The number of carbonyl (C=O) groups excluding carboxylic acids is 2. The van der Waals surface area contributed by atoms with Crippen LogP contribution in [-0.4, -0.2) is 31.1 Å². The molecule has 2 aromatic rings. The van der Waals surface area contributed by atoms with Crippen LogP contribution in [0.2, 0.25) is 0 Å². The molecule has 1 amide bonds. The molecule has 1 heterocycles. The summed E-state index contributed by atoms with van der Waals surface area (Å²) in [7, 11) is 1.31. The van der Waals surface area contributed by atoms with Crippen molar-refractivity contribution in [3.05, 3.63) is 60.5 Å². The summed E-state index contributed by atoms with van der Waals surface area (Å²) in [5, 5.41) is 6.25. The summed E-state index contributed by atoms with van der Waals surface area (Å²) in [5.74, 6) is -0.0210. The summed E-state index contributed by atoms with van der Waals surface area (Å²) in [5.41, 5.74) is 2.84. The van der Waals surface area contributed by atoms with Crippen LogP contribution in [0.15, 0.2) is 45.8 Å². The maximum Gasteiger partial charge on any atom is 0.343 e. The number of ether oxygens (including phenoxy) is 2. The molecule has 158 valence electrons. The van der Waals surface area contributed by atoms with Gasteiger partial charge in [0.2, 0.25) is 0 Å². The Kier molecular flexibility index (Phi) is 8.06. The quantitative estimate of drug-likeness (QED) is 0.270. The van der Waals surface area contributed by atoms with Crippen molar-refractivity contribution in [2.24, 2.45) is 0 Å². The maximum absolute atomic E-state index is 12.4. The van der Waals surface area contributed by atoms with Gasteiger partial charge >= 0.3 is 5.97 Å². The van der Waals surface area contributed by atoms with Crippen LogP contribution in [0, 0.1) is 3.57 Å². The van der Waals surface area contributed by atoms with Gasteiger partial charge in [0.25, 0.3) is 5.91 Å². The van der Waals surface area contributed by atoms with Crippen LogP contribution in [0.25, 0.3) is 6.08 Å². The van der Waals surface area contributed by atoms with Gasteiger partial charge in [-0.3, -0.25) is 4.79 Å². The minimum atomic E-state index is -0.453. The third kappa shape index (κ3) is 5.92. The molecule has 0 saturated carbocycles. The monoisotopic (exact) mass is 602 g/mol. The molecule has 3 rings (SSSR count). The summed E-state index contributed by atoms with van der Waals surface area (Å²) in [6.45, 7) is 1.94. The van der Waals surface area contributed by atoms with E-state index in [4.69, 9.17) is 4.74 Å². The number of aryl methyl sites for hydroxylation is 1. The van der Waals surface area contributed by atoms with E-state index in [-0.39, 0.29) is 18.0 Å². The number of halogens is 2. The van der Waals surface area contributed by atoms with E-state index in [1.807, 2.05) is 30.3 Å². The summed E-state index contributed by atoms with van der Waals surface area (Å²) < 4.78 is 11.6. The van der Waals surface area contributed by atoms with Gasteiger partial charge in [-0.05, 0) is 86.4 Å². The zero-order valence-electron chi connectivity index (χ0n) is 16.3. The Labute approximate surface area is 201 Å². The van der Waals surface area contributed by atoms with Gasteiger partial charge in [0.1, 0.15) is 5.75 Å². The Morgan fingerprint density at radius 2 is 2.07 bits per heavy atom. The molecule has 0 radical (unpaired) electrons. The van der Waals surface area contributed by atoms with E-state index in [1.165, 1.54) is 24.4 Å². The second-order valence-electron chi connectivity index (χ2n) is 6.35. The topological polar surface area (TPSA) is 76.7 Å². The number of esters is 1. The highest BCUT2D eigenvalue weighted by molar-refractivity contribution is 14.1. The van der Waals surface area contributed by atoms with Crippen LogP contribution >= 0.6 is 50.3 Å². The smallest absolute Gasteiger partial charge is 0.343 e. The fourth-order valence-corrected chi connectivity index (χ4v) is 5.45. The predicted octanol–water partition coefficient (Wildman–Crippen LogP) is 4.77. The highest BCUT2D eigenvalue weighted by Gasteiger charge is 2.27. The van der Waals surface area contributed by atoms with Gasteiger partial charge in [0.15, 0.2) is 12.1 Å². The first-order chi connectivity index (χ1) is 14.4. The first kappa shape index (κ1) is 23.0. The van der Waals surface area contributed by atoms with Gasteiger partial charge < -0.3 is 20.1 Å². The van der Waals surface area contributed by atoms with Crippen LogP contribution in [-0.2, 0) is 20.7 Å². The zero-order valence-corrected chi connectivity index (χ0v) is 20.9. The zero-order chi connectivity index (χ0) is 21.7. The minimum Gasteiger partial charge on any atom is -0.480 e. The first-order valence-corrected chi connectivity index (χ1v) is 11.9. The average Bonchev–Trinajstić information content (AvgIpc) is 3.06. The molecule has 2 aromatic carbocycles. The fourth-order valence-electron chi connectivity index (χ4n) is 2.70. The number of nitrogens with one attached hydrogen (secondary N) is 2. The molecule has 0 bridgehead atoms. The lowest BCUT2D eigenvalue weighted by atomic mass is 10.1. The Morgan fingerprint density at radius 3 is 2.70 bits per heavy atom. The average molecular weight is 603 g/mol. The van der Waals surface area contributed by atoms with E-state index in [9.17, 15) is 9.59 Å². The van der Waals surface area contributed by atoms with Crippen molar-refractivity contribution in [2.75, 3.05) is 19.0 Å². The Bertz CT molecular complexity index is 958. The molecule has 1 atom stereocenters. The predicted molar refractivity (Wildman–Crippen MR) is 131 cm³/mol. The number of hydrogen-bond donors (Lipinski definition) is 2. The second kappa shape index (κ2) is 10.5. The summed E-state index contributed by atoms with van der Waals surface area (Å²) in [6, 6.07) is 11.9. The molecule has 0 spiro atoms. The molecule has 1 aliphatic rings. The van der Waals surface area contributed by atoms with Crippen LogP contribution in [0.4, 0.5) is 5.69 Å². The summed E-state index contributed by atoms with van der Waals surface area (Å²) in [6.07, 6.45) is 2.82. The number of benzene rings is 2. The van der Waals surface area contributed by atoms with E-state index in [2.05, 4.69) is 72.9 Å². The van der Waals surface area contributed by atoms with Crippen molar-refractivity contribution in [3.63, 3.8) is 0 Å². The van der Waals surface area contributed by atoms with E-state index in [0.29, 0.717) is 15.1 Å². The summed E-state index contributed by atoms with van der Waals surface area (Å²) >= 11 is 7.03.